The van der Waals surface area contributed by atoms with Crippen LogP contribution >= 0.6 is 11.9 Å². The zero-order valence-corrected chi connectivity index (χ0v) is 19.1. The van der Waals surface area contributed by atoms with Crippen molar-refractivity contribution in [3.05, 3.63) is 40.1 Å². The Morgan fingerprint density at radius 3 is 3.03 bits per heavy atom. The molecule has 0 aliphatic heterocycles. The zero-order valence-electron chi connectivity index (χ0n) is 18.3. The summed E-state index contributed by atoms with van der Waals surface area (Å²) in [6.45, 7) is 4.80. The van der Waals surface area contributed by atoms with E-state index in [0.29, 0.717) is 26.1 Å². The number of hydrogen-bond donors (Lipinski definition) is 3. The SMILES string of the molecule is CC(=O)N(CCNCC(O)COc1cc(C)cc2[nH]ccc12)S[C@@H]1CCC[C@H]1O[N+](=O)[O-]. The summed E-state index contributed by atoms with van der Waals surface area (Å²) in [5, 5.41) is 24.1. The molecule has 1 aliphatic carbocycles. The Bertz CT molecular complexity index is 923. The minimum atomic E-state index is -0.759. The number of carbonyl (C=O) groups excluding carboxylic acids is 1. The van der Waals surface area contributed by atoms with E-state index in [9.17, 15) is 20.0 Å². The maximum atomic E-state index is 12.0. The van der Waals surface area contributed by atoms with Crippen LogP contribution in [-0.2, 0) is 9.63 Å². The van der Waals surface area contributed by atoms with Gasteiger partial charge in [0.25, 0.3) is 5.09 Å². The first kappa shape index (κ1) is 24.1. The number of aliphatic hydroxyl groups is 1. The summed E-state index contributed by atoms with van der Waals surface area (Å²) in [5.41, 5.74) is 2.06. The van der Waals surface area contributed by atoms with E-state index in [-0.39, 0.29) is 17.8 Å². The molecule has 10 nitrogen and oxygen atoms in total. The molecule has 1 aromatic heterocycles. The summed E-state index contributed by atoms with van der Waals surface area (Å²) >= 11 is 1.30. The van der Waals surface area contributed by atoms with Crippen LogP contribution in [0.2, 0.25) is 0 Å². The molecule has 32 heavy (non-hydrogen) atoms. The van der Waals surface area contributed by atoms with Gasteiger partial charge in [0.1, 0.15) is 24.6 Å². The molecule has 1 aliphatic rings. The van der Waals surface area contributed by atoms with Gasteiger partial charge in [-0.15, -0.1) is 10.1 Å². The van der Waals surface area contributed by atoms with Crippen molar-refractivity contribution in [3.63, 3.8) is 0 Å². The Kier molecular flexibility index (Phi) is 8.60. The molecule has 3 rings (SSSR count). The zero-order chi connectivity index (χ0) is 23.1. The molecule has 1 heterocycles. The smallest absolute Gasteiger partial charge is 0.294 e. The van der Waals surface area contributed by atoms with Crippen LogP contribution in [0.5, 0.6) is 5.75 Å². The third-order valence-electron chi connectivity index (χ3n) is 5.31. The molecule has 0 radical (unpaired) electrons. The highest BCUT2D eigenvalue weighted by Gasteiger charge is 2.33. The van der Waals surface area contributed by atoms with E-state index in [4.69, 9.17) is 9.57 Å². The van der Waals surface area contributed by atoms with Crippen molar-refractivity contribution in [2.45, 2.75) is 50.6 Å². The largest absolute Gasteiger partial charge is 0.490 e. The molecule has 176 valence electrons. The van der Waals surface area contributed by atoms with Gasteiger partial charge in [-0.2, -0.15) is 0 Å². The lowest BCUT2D eigenvalue weighted by molar-refractivity contribution is -0.767. The molecule has 0 spiro atoms. The van der Waals surface area contributed by atoms with E-state index < -0.39 is 17.3 Å². The molecular weight excluding hydrogens is 436 g/mol. The first-order valence-electron chi connectivity index (χ1n) is 10.7. The van der Waals surface area contributed by atoms with Gasteiger partial charge in [-0.05, 0) is 61.9 Å². The number of nitrogens with zero attached hydrogens (tertiary/aromatic N) is 2. The second-order valence-electron chi connectivity index (χ2n) is 7.93. The molecular formula is C21H30N4O6S. The van der Waals surface area contributed by atoms with Crippen molar-refractivity contribution < 1.29 is 24.6 Å². The number of nitrogens with one attached hydrogen (secondary N) is 2. The summed E-state index contributed by atoms with van der Waals surface area (Å²) in [4.78, 5) is 30.6. The number of aryl methyl sites for hydroxylation is 1. The number of fused-ring (bicyclic) bond motifs is 1. The number of aromatic amines is 1. The van der Waals surface area contributed by atoms with E-state index in [1.807, 2.05) is 31.3 Å². The molecule has 0 saturated heterocycles. The number of rotatable bonds is 12. The van der Waals surface area contributed by atoms with Gasteiger partial charge in [-0.1, -0.05) is 0 Å². The van der Waals surface area contributed by atoms with Gasteiger partial charge in [-0.3, -0.25) is 9.10 Å². The monoisotopic (exact) mass is 466 g/mol. The standard InChI is InChI=1S/C21H30N4O6S/c1-14-10-18-17(6-7-23-18)20(11-14)30-13-16(27)12-22-8-9-24(15(2)26)32-21-5-3-4-19(21)31-25(28)29/h6-7,10-11,16,19,21-23,27H,3-5,8-9,12-13H2,1-2H3/t16?,19-,21-/m1/s1. The van der Waals surface area contributed by atoms with Crippen molar-refractivity contribution >= 4 is 28.8 Å². The lowest BCUT2D eigenvalue weighted by Crippen LogP contribution is -2.38. The highest BCUT2D eigenvalue weighted by Crippen LogP contribution is 2.34. The quantitative estimate of drug-likeness (QED) is 0.188. The number of aliphatic hydroxyl groups excluding tert-OH is 1. The van der Waals surface area contributed by atoms with E-state index in [0.717, 1.165) is 35.1 Å². The molecule has 3 atom stereocenters. The minimum absolute atomic E-state index is 0.122. The first-order chi connectivity index (χ1) is 15.3. The Morgan fingerprint density at radius 2 is 2.28 bits per heavy atom. The molecule has 1 amide bonds. The van der Waals surface area contributed by atoms with Crippen LogP contribution in [0.1, 0.15) is 31.7 Å². The third kappa shape index (κ3) is 6.75. The van der Waals surface area contributed by atoms with Crippen LogP contribution in [-0.4, -0.2) is 69.1 Å². The molecule has 2 aromatic rings. The molecule has 1 saturated carbocycles. The van der Waals surface area contributed by atoms with Gasteiger partial charge in [0.05, 0.1) is 5.25 Å². The Balaban J connectivity index is 1.40. The molecule has 0 bridgehead atoms. The van der Waals surface area contributed by atoms with Crippen LogP contribution in [0, 0.1) is 17.0 Å². The predicted molar refractivity (Wildman–Crippen MR) is 122 cm³/mol. The fourth-order valence-electron chi connectivity index (χ4n) is 3.78. The van der Waals surface area contributed by atoms with Crippen LogP contribution in [0.3, 0.4) is 0 Å². The van der Waals surface area contributed by atoms with Crippen LogP contribution < -0.4 is 10.1 Å². The second-order valence-corrected chi connectivity index (χ2v) is 9.19. The van der Waals surface area contributed by atoms with Crippen molar-refractivity contribution in [1.82, 2.24) is 14.6 Å². The van der Waals surface area contributed by atoms with Crippen LogP contribution in [0.4, 0.5) is 0 Å². The third-order valence-corrected chi connectivity index (χ3v) is 6.81. The predicted octanol–water partition coefficient (Wildman–Crippen LogP) is 2.43. The number of carbonyl (C=O) groups is 1. The van der Waals surface area contributed by atoms with Gasteiger partial charge >= 0.3 is 0 Å². The highest BCUT2D eigenvalue weighted by molar-refractivity contribution is 7.98. The van der Waals surface area contributed by atoms with Gasteiger partial charge < -0.3 is 25.0 Å². The summed E-state index contributed by atoms with van der Waals surface area (Å²) < 4.78 is 7.42. The van der Waals surface area contributed by atoms with Gasteiger partial charge in [-0.25, -0.2) is 0 Å². The fourth-order valence-corrected chi connectivity index (χ4v) is 5.04. The van der Waals surface area contributed by atoms with E-state index in [1.54, 1.807) is 4.31 Å². The molecule has 3 N–H and O–H groups in total. The molecule has 1 fully saturated rings. The van der Waals surface area contributed by atoms with E-state index in [2.05, 4.69) is 10.3 Å². The van der Waals surface area contributed by atoms with Gasteiger partial charge in [0, 0.05) is 43.7 Å². The van der Waals surface area contributed by atoms with Crippen molar-refractivity contribution in [2.75, 3.05) is 26.2 Å². The van der Waals surface area contributed by atoms with E-state index >= 15 is 0 Å². The second kappa shape index (κ2) is 11.4. The number of ether oxygens (including phenoxy) is 1. The lowest BCUT2D eigenvalue weighted by Gasteiger charge is -2.26. The Hall–Kier alpha value is -2.50. The number of hydrogen-bond acceptors (Lipinski definition) is 8. The summed E-state index contributed by atoms with van der Waals surface area (Å²) in [6, 6.07) is 5.92. The number of H-pyrrole nitrogens is 1. The maximum Gasteiger partial charge on any atom is 0.294 e. The average Bonchev–Trinajstić information content (AvgIpc) is 3.37. The van der Waals surface area contributed by atoms with E-state index in [1.165, 1.54) is 18.9 Å². The van der Waals surface area contributed by atoms with Gasteiger partial charge in [0.2, 0.25) is 5.91 Å². The summed E-state index contributed by atoms with van der Waals surface area (Å²) in [5.74, 6) is 0.602. The van der Waals surface area contributed by atoms with Crippen molar-refractivity contribution in [3.8, 4) is 5.75 Å². The molecule has 11 heteroatoms. The van der Waals surface area contributed by atoms with Crippen LogP contribution in [0.15, 0.2) is 24.4 Å². The number of amides is 1. The van der Waals surface area contributed by atoms with Crippen molar-refractivity contribution in [2.24, 2.45) is 0 Å². The fraction of sp³-hybridized carbons (Fsp3) is 0.571. The minimum Gasteiger partial charge on any atom is -0.490 e. The topological polar surface area (TPSA) is 130 Å². The number of aromatic nitrogens is 1. The molecule has 1 unspecified atom stereocenters. The normalized spacial score (nSPS) is 19.1. The first-order valence-corrected chi connectivity index (χ1v) is 11.5. The Labute approximate surface area is 190 Å². The average molecular weight is 467 g/mol. The van der Waals surface area contributed by atoms with Crippen LogP contribution in [0.25, 0.3) is 10.9 Å². The van der Waals surface area contributed by atoms with Gasteiger partial charge in [0.15, 0.2) is 0 Å². The lowest BCUT2D eigenvalue weighted by atomic mass is 10.1. The summed E-state index contributed by atoms with van der Waals surface area (Å²) in [7, 11) is 0. The Morgan fingerprint density at radius 1 is 1.47 bits per heavy atom. The maximum absolute atomic E-state index is 12.0. The number of benzene rings is 1. The molecule has 1 aromatic carbocycles. The van der Waals surface area contributed by atoms with Crippen molar-refractivity contribution in [1.29, 1.82) is 0 Å². The summed E-state index contributed by atoms with van der Waals surface area (Å²) in [6.07, 6.45) is 2.87. The highest BCUT2D eigenvalue weighted by atomic mass is 32.2.